The molecule has 0 unspecified atom stereocenters. The molecular formula is C6H3BrIN3. The summed E-state index contributed by atoms with van der Waals surface area (Å²) >= 11 is 5.45. The van der Waals surface area contributed by atoms with E-state index >= 15 is 0 Å². The van der Waals surface area contributed by atoms with E-state index in [-0.39, 0.29) is 0 Å². The van der Waals surface area contributed by atoms with Crippen LogP contribution in [0, 0.1) is 3.70 Å². The lowest BCUT2D eigenvalue weighted by Gasteiger charge is -1.88. The number of pyridine rings is 1. The van der Waals surface area contributed by atoms with Gasteiger partial charge in [-0.2, -0.15) is 5.10 Å². The fourth-order valence-electron chi connectivity index (χ4n) is 0.849. The molecule has 0 atom stereocenters. The van der Waals surface area contributed by atoms with Gasteiger partial charge in [-0.1, -0.05) is 0 Å². The van der Waals surface area contributed by atoms with Gasteiger partial charge in [0.1, 0.15) is 8.30 Å². The Balaban J connectivity index is 2.86. The number of halogens is 2. The molecule has 0 radical (unpaired) electrons. The molecule has 2 aromatic heterocycles. The minimum Gasteiger partial charge on any atom is -0.260 e. The largest absolute Gasteiger partial charge is 0.260 e. The van der Waals surface area contributed by atoms with Gasteiger partial charge in [-0.3, -0.25) is 5.10 Å². The molecule has 0 aliphatic rings. The van der Waals surface area contributed by atoms with E-state index in [1.54, 1.807) is 0 Å². The van der Waals surface area contributed by atoms with Crippen LogP contribution in [0.25, 0.3) is 11.0 Å². The highest BCUT2D eigenvalue weighted by molar-refractivity contribution is 14.1. The zero-order chi connectivity index (χ0) is 7.84. The molecule has 0 aromatic carbocycles. The second-order valence-electron chi connectivity index (χ2n) is 2.04. The molecule has 0 aliphatic heterocycles. The highest BCUT2D eigenvalue weighted by Crippen LogP contribution is 2.17. The van der Waals surface area contributed by atoms with Crippen molar-refractivity contribution >= 4 is 49.6 Å². The van der Waals surface area contributed by atoms with E-state index in [9.17, 15) is 0 Å². The van der Waals surface area contributed by atoms with Gasteiger partial charge in [0.2, 0.25) is 0 Å². The number of aromatic amines is 1. The number of nitrogens with one attached hydrogen (secondary N) is 1. The van der Waals surface area contributed by atoms with Crippen molar-refractivity contribution in [1.29, 1.82) is 0 Å². The van der Waals surface area contributed by atoms with E-state index in [4.69, 9.17) is 0 Å². The Morgan fingerprint density at radius 1 is 1.45 bits per heavy atom. The van der Waals surface area contributed by atoms with E-state index in [0.717, 1.165) is 19.3 Å². The minimum absolute atomic E-state index is 0.823. The van der Waals surface area contributed by atoms with Crippen LogP contribution < -0.4 is 0 Å². The molecule has 0 saturated carbocycles. The summed E-state index contributed by atoms with van der Waals surface area (Å²) in [5.41, 5.74) is 0.823. The molecule has 0 amide bonds. The number of aromatic nitrogens is 3. The summed E-state index contributed by atoms with van der Waals surface area (Å²) in [5.74, 6) is 0. The van der Waals surface area contributed by atoms with E-state index in [2.05, 4.69) is 53.7 Å². The second-order valence-corrected chi connectivity index (χ2v) is 3.88. The van der Waals surface area contributed by atoms with E-state index < -0.39 is 0 Å². The van der Waals surface area contributed by atoms with E-state index in [0.29, 0.717) is 0 Å². The maximum absolute atomic E-state index is 4.19. The van der Waals surface area contributed by atoms with Crippen molar-refractivity contribution in [2.45, 2.75) is 0 Å². The Morgan fingerprint density at radius 2 is 2.27 bits per heavy atom. The first-order valence-corrected chi connectivity index (χ1v) is 4.80. The van der Waals surface area contributed by atoms with Gasteiger partial charge in [-0.25, -0.2) is 4.98 Å². The van der Waals surface area contributed by atoms with Gasteiger partial charge in [0.25, 0.3) is 0 Å². The molecule has 2 heterocycles. The Labute approximate surface area is 84.9 Å². The van der Waals surface area contributed by atoms with Crippen molar-refractivity contribution in [1.82, 2.24) is 15.2 Å². The number of hydrogen-bond donors (Lipinski definition) is 1. The van der Waals surface area contributed by atoms with Crippen molar-refractivity contribution in [3.8, 4) is 0 Å². The van der Waals surface area contributed by atoms with Gasteiger partial charge < -0.3 is 0 Å². The molecule has 0 saturated heterocycles. The van der Waals surface area contributed by atoms with Crippen molar-refractivity contribution in [3.63, 3.8) is 0 Å². The summed E-state index contributed by atoms with van der Waals surface area (Å²) in [7, 11) is 0. The summed E-state index contributed by atoms with van der Waals surface area (Å²) in [4.78, 5) is 4.19. The van der Waals surface area contributed by atoms with Gasteiger partial charge in [0.15, 0.2) is 5.65 Å². The van der Waals surface area contributed by atoms with Gasteiger partial charge in [-0.15, -0.1) is 0 Å². The van der Waals surface area contributed by atoms with Gasteiger partial charge in [-0.05, 0) is 50.7 Å². The molecule has 0 bridgehead atoms. The zero-order valence-electron chi connectivity index (χ0n) is 5.31. The van der Waals surface area contributed by atoms with Crippen molar-refractivity contribution < 1.29 is 0 Å². The predicted molar refractivity (Wildman–Crippen MR) is 54.3 cm³/mol. The molecule has 0 fully saturated rings. The highest BCUT2D eigenvalue weighted by Gasteiger charge is 2.02. The fourth-order valence-corrected chi connectivity index (χ4v) is 1.71. The lowest BCUT2D eigenvalue weighted by atomic mass is 10.4. The van der Waals surface area contributed by atoms with Crippen molar-refractivity contribution in [3.05, 3.63) is 20.4 Å². The van der Waals surface area contributed by atoms with E-state index in [1.807, 2.05) is 12.1 Å². The van der Waals surface area contributed by atoms with Crippen LogP contribution in [0.2, 0.25) is 0 Å². The first-order chi connectivity index (χ1) is 5.27. The summed E-state index contributed by atoms with van der Waals surface area (Å²) in [6, 6.07) is 3.89. The molecule has 11 heavy (non-hydrogen) atoms. The Bertz CT molecular complexity index is 398. The zero-order valence-corrected chi connectivity index (χ0v) is 9.05. The number of fused-ring (bicyclic) bond motifs is 1. The maximum atomic E-state index is 4.19. The summed E-state index contributed by atoms with van der Waals surface area (Å²) in [5, 5.41) is 7.91. The minimum atomic E-state index is 0.823. The first-order valence-electron chi connectivity index (χ1n) is 2.93. The Kier molecular flexibility index (Phi) is 1.84. The SMILES string of the molecule is Brc1ccc2c(I)n[nH]c2n1. The smallest absolute Gasteiger partial charge is 0.157 e. The quantitative estimate of drug-likeness (QED) is 0.597. The van der Waals surface area contributed by atoms with Crippen LogP contribution in [-0.4, -0.2) is 15.2 Å². The average molecular weight is 324 g/mol. The third-order valence-corrected chi connectivity index (χ3v) is 2.61. The monoisotopic (exact) mass is 323 g/mol. The first kappa shape index (κ1) is 7.48. The average Bonchev–Trinajstić information content (AvgIpc) is 2.32. The summed E-state index contributed by atoms with van der Waals surface area (Å²) < 4.78 is 1.78. The summed E-state index contributed by atoms with van der Waals surface area (Å²) in [6.07, 6.45) is 0. The van der Waals surface area contributed by atoms with Crippen molar-refractivity contribution in [2.75, 3.05) is 0 Å². The number of H-pyrrole nitrogens is 1. The fraction of sp³-hybridized carbons (Fsp3) is 0. The molecule has 2 aromatic rings. The van der Waals surface area contributed by atoms with Gasteiger partial charge >= 0.3 is 0 Å². The molecule has 3 nitrogen and oxygen atoms in total. The van der Waals surface area contributed by atoms with Gasteiger partial charge in [0, 0.05) is 0 Å². The van der Waals surface area contributed by atoms with Crippen molar-refractivity contribution in [2.24, 2.45) is 0 Å². The molecule has 5 heteroatoms. The number of nitrogens with zero attached hydrogens (tertiary/aromatic N) is 2. The number of hydrogen-bond acceptors (Lipinski definition) is 2. The maximum Gasteiger partial charge on any atom is 0.157 e. The molecule has 2 rings (SSSR count). The van der Waals surface area contributed by atoms with Gasteiger partial charge in [0.05, 0.1) is 5.39 Å². The predicted octanol–water partition coefficient (Wildman–Crippen LogP) is 2.32. The van der Waals surface area contributed by atoms with Crippen LogP contribution in [0.15, 0.2) is 16.7 Å². The molecule has 0 aliphatic carbocycles. The molecule has 1 N–H and O–H groups in total. The van der Waals surface area contributed by atoms with Crippen LogP contribution in [-0.2, 0) is 0 Å². The number of rotatable bonds is 0. The normalized spacial score (nSPS) is 10.7. The van der Waals surface area contributed by atoms with Crippen LogP contribution in [0.3, 0.4) is 0 Å². The Morgan fingerprint density at radius 3 is 3.09 bits per heavy atom. The second kappa shape index (κ2) is 2.71. The van der Waals surface area contributed by atoms with Crippen LogP contribution in [0.4, 0.5) is 0 Å². The lowest BCUT2D eigenvalue weighted by molar-refractivity contribution is 1.07. The molecular weight excluding hydrogens is 321 g/mol. The molecule has 56 valence electrons. The van der Waals surface area contributed by atoms with E-state index in [1.165, 1.54) is 0 Å². The van der Waals surface area contributed by atoms with Crippen LogP contribution >= 0.6 is 38.5 Å². The lowest BCUT2D eigenvalue weighted by Crippen LogP contribution is -1.76. The standard InChI is InChI=1S/C6H3BrIN3/c7-4-2-1-3-5(8)10-11-6(3)9-4/h1-2H,(H,9,10,11). The highest BCUT2D eigenvalue weighted by atomic mass is 127. The Hall–Kier alpha value is -0.170. The third-order valence-electron chi connectivity index (χ3n) is 1.34. The topological polar surface area (TPSA) is 41.6 Å². The molecule has 0 spiro atoms. The van der Waals surface area contributed by atoms with Crippen LogP contribution in [0.1, 0.15) is 0 Å². The summed E-state index contributed by atoms with van der Waals surface area (Å²) in [6.45, 7) is 0. The third kappa shape index (κ3) is 1.26. The van der Waals surface area contributed by atoms with Crippen LogP contribution in [0.5, 0.6) is 0 Å².